The second-order valence-electron chi connectivity index (χ2n) is 8.08. The van der Waals surface area contributed by atoms with Crippen LogP contribution in [0.3, 0.4) is 0 Å². The van der Waals surface area contributed by atoms with Crippen LogP contribution in [0.4, 0.5) is 0 Å². The summed E-state index contributed by atoms with van der Waals surface area (Å²) in [5.41, 5.74) is 1.77. The number of hydrogen-bond acceptors (Lipinski definition) is 2. The van der Waals surface area contributed by atoms with E-state index in [9.17, 15) is 9.59 Å². The van der Waals surface area contributed by atoms with Gasteiger partial charge in [0.15, 0.2) is 0 Å². The van der Waals surface area contributed by atoms with E-state index in [1.165, 1.54) is 0 Å². The predicted octanol–water partition coefficient (Wildman–Crippen LogP) is 6.41. The lowest BCUT2D eigenvalue weighted by molar-refractivity contribution is -0.141. The van der Waals surface area contributed by atoms with Gasteiger partial charge in [0.2, 0.25) is 11.8 Å². The second-order valence-corrected chi connectivity index (χ2v) is 8.89. The van der Waals surface area contributed by atoms with Crippen LogP contribution in [0.5, 0.6) is 0 Å². The van der Waals surface area contributed by atoms with Crippen LogP contribution in [0, 0.1) is 0 Å². The fourth-order valence-corrected chi connectivity index (χ4v) is 4.55. The molecule has 0 aliphatic rings. The molecule has 2 amide bonds. The Balaban J connectivity index is 1.86. The van der Waals surface area contributed by atoms with Gasteiger partial charge in [-0.3, -0.25) is 9.59 Å². The number of aryl methyl sites for hydroxylation is 1. The lowest BCUT2D eigenvalue weighted by Gasteiger charge is -2.31. The molecule has 33 heavy (non-hydrogen) atoms. The van der Waals surface area contributed by atoms with Crippen molar-refractivity contribution in [3.8, 4) is 0 Å². The summed E-state index contributed by atoms with van der Waals surface area (Å²) < 4.78 is 0. The molecular formula is C27H30Cl2N2O2. The molecule has 0 aliphatic heterocycles. The van der Waals surface area contributed by atoms with Gasteiger partial charge in [0, 0.05) is 35.1 Å². The van der Waals surface area contributed by atoms with E-state index in [0.29, 0.717) is 35.0 Å². The second kappa shape index (κ2) is 12.1. The van der Waals surface area contributed by atoms with Crippen LogP contribution in [0.25, 0.3) is 10.8 Å². The van der Waals surface area contributed by atoms with E-state index in [4.69, 9.17) is 23.2 Å². The van der Waals surface area contributed by atoms with Crippen molar-refractivity contribution in [2.75, 3.05) is 6.54 Å². The topological polar surface area (TPSA) is 49.4 Å². The number of carbonyl (C=O) groups excluding carboxylic acids is 2. The molecule has 1 atom stereocenters. The van der Waals surface area contributed by atoms with Crippen molar-refractivity contribution in [3.05, 3.63) is 81.8 Å². The van der Waals surface area contributed by atoms with Gasteiger partial charge in [0.05, 0.1) is 0 Å². The molecule has 0 spiro atoms. The van der Waals surface area contributed by atoms with Crippen molar-refractivity contribution in [2.45, 2.75) is 52.1 Å². The Bertz CT molecular complexity index is 1090. The van der Waals surface area contributed by atoms with E-state index < -0.39 is 6.04 Å². The Labute approximate surface area is 205 Å². The quantitative estimate of drug-likeness (QED) is 0.361. The Hall–Kier alpha value is -2.56. The van der Waals surface area contributed by atoms with E-state index in [1.54, 1.807) is 23.1 Å². The zero-order valence-corrected chi connectivity index (χ0v) is 20.6. The van der Waals surface area contributed by atoms with Crippen LogP contribution in [0.15, 0.2) is 60.7 Å². The standard InChI is InChI=1S/C27H30Cl2N2O2/c1-3-17-30-27(33)25(4-2)31(18-22-23(28)13-8-14-24(22)29)26(32)16-15-20-11-7-10-19-9-5-6-12-21(19)20/h5-14,25H,3-4,15-18H2,1-2H3,(H,30,33)/t25-/m1/s1. The van der Waals surface area contributed by atoms with E-state index >= 15 is 0 Å². The van der Waals surface area contributed by atoms with Crippen LogP contribution < -0.4 is 5.32 Å². The number of hydrogen-bond donors (Lipinski definition) is 1. The van der Waals surface area contributed by atoms with Crippen LogP contribution >= 0.6 is 23.2 Å². The van der Waals surface area contributed by atoms with Crippen LogP contribution in [0.2, 0.25) is 10.0 Å². The first-order chi connectivity index (χ1) is 16.0. The first-order valence-electron chi connectivity index (χ1n) is 11.4. The fraction of sp³-hybridized carbons (Fsp3) is 0.333. The highest BCUT2D eigenvalue weighted by Crippen LogP contribution is 2.28. The zero-order chi connectivity index (χ0) is 23.8. The number of amides is 2. The predicted molar refractivity (Wildman–Crippen MR) is 137 cm³/mol. The van der Waals surface area contributed by atoms with Gasteiger partial charge in [-0.25, -0.2) is 0 Å². The molecule has 0 radical (unpaired) electrons. The van der Waals surface area contributed by atoms with Crippen LogP contribution in [-0.2, 0) is 22.6 Å². The Morgan fingerprint density at radius 1 is 0.939 bits per heavy atom. The van der Waals surface area contributed by atoms with Gasteiger partial charge in [0.1, 0.15) is 6.04 Å². The van der Waals surface area contributed by atoms with Gasteiger partial charge in [-0.1, -0.05) is 85.6 Å². The fourth-order valence-electron chi connectivity index (χ4n) is 4.03. The van der Waals surface area contributed by atoms with E-state index in [0.717, 1.165) is 22.8 Å². The summed E-state index contributed by atoms with van der Waals surface area (Å²) in [6.45, 7) is 4.67. The summed E-state index contributed by atoms with van der Waals surface area (Å²) in [5, 5.41) is 6.19. The Kier molecular flexibility index (Phi) is 9.16. The molecule has 0 bridgehead atoms. The van der Waals surface area contributed by atoms with Gasteiger partial charge >= 0.3 is 0 Å². The highest BCUT2D eigenvalue weighted by molar-refractivity contribution is 6.36. The van der Waals surface area contributed by atoms with Gasteiger partial charge in [-0.2, -0.15) is 0 Å². The highest BCUT2D eigenvalue weighted by Gasteiger charge is 2.29. The molecule has 0 heterocycles. The number of halogens is 2. The first-order valence-corrected chi connectivity index (χ1v) is 12.2. The summed E-state index contributed by atoms with van der Waals surface area (Å²) in [5.74, 6) is -0.251. The molecule has 3 aromatic carbocycles. The van der Waals surface area contributed by atoms with Crippen molar-refractivity contribution in [1.82, 2.24) is 10.2 Å². The van der Waals surface area contributed by atoms with Crippen LogP contribution in [0.1, 0.15) is 44.2 Å². The molecule has 174 valence electrons. The largest absolute Gasteiger partial charge is 0.354 e. The molecule has 0 saturated carbocycles. The molecule has 0 saturated heterocycles. The van der Waals surface area contributed by atoms with E-state index in [-0.39, 0.29) is 24.8 Å². The molecule has 0 aliphatic carbocycles. The molecule has 0 unspecified atom stereocenters. The monoisotopic (exact) mass is 484 g/mol. The highest BCUT2D eigenvalue weighted by atomic mass is 35.5. The third-order valence-corrected chi connectivity index (χ3v) is 6.52. The molecular weight excluding hydrogens is 455 g/mol. The van der Waals surface area contributed by atoms with Crippen LogP contribution in [-0.4, -0.2) is 29.3 Å². The molecule has 0 fully saturated rings. The Morgan fingerprint density at radius 3 is 2.30 bits per heavy atom. The number of fused-ring (bicyclic) bond motifs is 1. The molecule has 3 rings (SSSR count). The lowest BCUT2D eigenvalue weighted by Crippen LogP contribution is -2.49. The van der Waals surface area contributed by atoms with Crippen molar-refractivity contribution in [2.24, 2.45) is 0 Å². The van der Waals surface area contributed by atoms with Crippen molar-refractivity contribution < 1.29 is 9.59 Å². The van der Waals surface area contributed by atoms with Gasteiger partial charge in [-0.05, 0) is 47.7 Å². The first kappa shape index (κ1) is 25.1. The molecule has 0 aromatic heterocycles. The average molecular weight is 485 g/mol. The minimum atomic E-state index is -0.594. The molecule has 3 aromatic rings. The Morgan fingerprint density at radius 2 is 1.61 bits per heavy atom. The lowest BCUT2D eigenvalue weighted by atomic mass is 10.00. The SMILES string of the molecule is CCCNC(=O)[C@@H](CC)N(Cc1c(Cl)cccc1Cl)C(=O)CCc1cccc2ccccc12. The number of nitrogens with one attached hydrogen (secondary N) is 1. The molecule has 6 heteroatoms. The summed E-state index contributed by atoms with van der Waals surface area (Å²) in [4.78, 5) is 28.1. The number of benzene rings is 3. The summed E-state index contributed by atoms with van der Waals surface area (Å²) in [6.07, 6.45) is 2.19. The van der Waals surface area contributed by atoms with Gasteiger partial charge in [-0.15, -0.1) is 0 Å². The third kappa shape index (κ3) is 6.27. The zero-order valence-electron chi connectivity index (χ0n) is 19.1. The van der Waals surface area contributed by atoms with E-state index in [1.807, 2.05) is 32.0 Å². The van der Waals surface area contributed by atoms with Gasteiger partial charge in [0.25, 0.3) is 0 Å². The average Bonchev–Trinajstić information content (AvgIpc) is 2.82. The summed E-state index contributed by atoms with van der Waals surface area (Å²) >= 11 is 12.8. The number of rotatable bonds is 10. The minimum absolute atomic E-state index is 0.0996. The van der Waals surface area contributed by atoms with Crippen molar-refractivity contribution in [1.29, 1.82) is 0 Å². The molecule has 1 N–H and O–H groups in total. The number of carbonyl (C=O) groups is 2. The minimum Gasteiger partial charge on any atom is -0.354 e. The van der Waals surface area contributed by atoms with Gasteiger partial charge < -0.3 is 10.2 Å². The molecule has 4 nitrogen and oxygen atoms in total. The van der Waals surface area contributed by atoms with Crippen molar-refractivity contribution >= 4 is 45.8 Å². The maximum Gasteiger partial charge on any atom is 0.242 e. The number of nitrogens with zero attached hydrogens (tertiary/aromatic N) is 1. The normalized spacial score (nSPS) is 11.9. The van der Waals surface area contributed by atoms with Crippen molar-refractivity contribution in [3.63, 3.8) is 0 Å². The third-order valence-electron chi connectivity index (χ3n) is 5.81. The summed E-state index contributed by atoms with van der Waals surface area (Å²) in [6, 6.07) is 19.0. The van der Waals surface area contributed by atoms with E-state index in [2.05, 4.69) is 29.6 Å². The smallest absolute Gasteiger partial charge is 0.242 e. The maximum absolute atomic E-state index is 13.5. The maximum atomic E-state index is 13.5. The summed E-state index contributed by atoms with van der Waals surface area (Å²) in [7, 11) is 0.